The fourth-order valence-corrected chi connectivity index (χ4v) is 3.96. The lowest BCUT2D eigenvalue weighted by molar-refractivity contribution is -0.115. The van der Waals surface area contributed by atoms with E-state index in [9.17, 15) is 9.59 Å². The molecular weight excluding hydrogens is 398 g/mol. The zero-order valence-electron chi connectivity index (χ0n) is 11.8. The minimum atomic E-state index is -0.396. The Hall–Kier alpha value is -1.56. The molecule has 23 heavy (non-hydrogen) atoms. The largest absolute Gasteiger partial charge is 0.289 e. The van der Waals surface area contributed by atoms with Gasteiger partial charge in [-0.15, -0.1) is 0 Å². The number of allylic oxidation sites excluding steroid dienone is 1. The van der Waals surface area contributed by atoms with Crippen LogP contribution in [0.2, 0.25) is 5.02 Å². The molecule has 116 valence electrons. The number of anilines is 1. The van der Waals surface area contributed by atoms with Gasteiger partial charge in [0.15, 0.2) is 5.78 Å². The van der Waals surface area contributed by atoms with E-state index >= 15 is 0 Å². The Labute approximate surface area is 151 Å². The maximum absolute atomic E-state index is 12.4. The number of nitrogens with zero attached hydrogens (tertiary/aromatic N) is 1. The molecule has 2 aromatic rings. The van der Waals surface area contributed by atoms with Gasteiger partial charge < -0.3 is 0 Å². The highest BCUT2D eigenvalue weighted by Gasteiger charge is 2.36. The van der Waals surface area contributed by atoms with E-state index in [2.05, 4.69) is 15.9 Å². The smallest absolute Gasteiger partial charge is 0.256 e. The zero-order chi connectivity index (χ0) is 16.4. The maximum Gasteiger partial charge on any atom is 0.256 e. The number of hydrogen-bond acceptors (Lipinski definition) is 3. The van der Waals surface area contributed by atoms with Crippen molar-refractivity contribution < 1.29 is 9.59 Å². The standard InChI is InChI=1S/C17H11BrClNO2S/c18-16-17(22)20(13-4-2-1-3-5-13)15(23-16)10-14(21)11-6-8-12(19)9-7-11/h1-10,16H/b15-10-. The summed E-state index contributed by atoms with van der Waals surface area (Å²) in [6.07, 6.45) is 1.49. The van der Waals surface area contributed by atoms with E-state index in [1.54, 1.807) is 29.2 Å². The van der Waals surface area contributed by atoms with Gasteiger partial charge >= 0.3 is 0 Å². The van der Waals surface area contributed by atoms with Crippen molar-refractivity contribution in [1.29, 1.82) is 0 Å². The average molecular weight is 409 g/mol. The molecule has 0 N–H and O–H groups in total. The number of benzene rings is 2. The highest BCUT2D eigenvalue weighted by molar-refractivity contribution is 9.11. The Morgan fingerprint density at radius 3 is 2.43 bits per heavy atom. The summed E-state index contributed by atoms with van der Waals surface area (Å²) >= 11 is 10.5. The second-order valence-electron chi connectivity index (χ2n) is 4.80. The van der Waals surface area contributed by atoms with Crippen molar-refractivity contribution in [2.24, 2.45) is 0 Å². The summed E-state index contributed by atoms with van der Waals surface area (Å²) in [5, 5.41) is 1.18. The zero-order valence-corrected chi connectivity index (χ0v) is 14.9. The van der Waals surface area contributed by atoms with Crippen LogP contribution < -0.4 is 4.90 Å². The number of ketones is 1. The molecule has 1 unspecified atom stereocenters. The molecule has 1 aliphatic heterocycles. The molecule has 1 saturated heterocycles. The number of thioether (sulfide) groups is 1. The predicted octanol–water partition coefficient (Wildman–Crippen LogP) is 4.87. The molecule has 0 spiro atoms. The van der Waals surface area contributed by atoms with E-state index in [0.717, 1.165) is 5.69 Å². The monoisotopic (exact) mass is 407 g/mol. The van der Waals surface area contributed by atoms with Crippen molar-refractivity contribution in [3.63, 3.8) is 0 Å². The summed E-state index contributed by atoms with van der Waals surface area (Å²) in [4.78, 5) is 26.3. The number of alkyl halides is 1. The van der Waals surface area contributed by atoms with E-state index in [1.165, 1.54) is 17.8 Å². The Bertz CT molecular complexity index is 777. The predicted molar refractivity (Wildman–Crippen MR) is 98.1 cm³/mol. The molecule has 0 aromatic heterocycles. The van der Waals surface area contributed by atoms with Gasteiger partial charge in [0, 0.05) is 22.3 Å². The molecular formula is C17H11BrClNO2S. The minimum absolute atomic E-state index is 0.101. The average Bonchev–Trinajstić information content (AvgIpc) is 2.83. The Balaban J connectivity index is 1.94. The Morgan fingerprint density at radius 2 is 1.78 bits per heavy atom. The highest BCUT2D eigenvalue weighted by Crippen LogP contribution is 2.41. The van der Waals surface area contributed by atoms with Gasteiger partial charge in [0.25, 0.3) is 5.91 Å². The van der Waals surface area contributed by atoms with Crippen LogP contribution in [0.25, 0.3) is 0 Å². The van der Waals surface area contributed by atoms with Crippen LogP contribution in [0.15, 0.2) is 65.7 Å². The Morgan fingerprint density at radius 1 is 1.13 bits per heavy atom. The van der Waals surface area contributed by atoms with Gasteiger partial charge in [0.05, 0.1) is 5.03 Å². The number of carbonyl (C=O) groups is 2. The third kappa shape index (κ3) is 3.52. The first kappa shape index (κ1) is 16.3. The summed E-state index contributed by atoms with van der Waals surface area (Å²) in [7, 11) is 0. The lowest BCUT2D eigenvalue weighted by Gasteiger charge is -2.16. The first-order valence-electron chi connectivity index (χ1n) is 6.77. The lowest BCUT2D eigenvalue weighted by atomic mass is 10.1. The first-order valence-corrected chi connectivity index (χ1v) is 8.95. The van der Waals surface area contributed by atoms with Gasteiger partial charge in [0.1, 0.15) is 4.16 Å². The molecule has 3 nitrogen and oxygen atoms in total. The molecule has 3 rings (SSSR count). The topological polar surface area (TPSA) is 37.4 Å². The van der Waals surface area contributed by atoms with Crippen LogP contribution in [0.1, 0.15) is 10.4 Å². The second-order valence-corrected chi connectivity index (χ2v) is 7.88. The van der Waals surface area contributed by atoms with Crippen molar-refractivity contribution >= 4 is 56.7 Å². The fraction of sp³-hybridized carbons (Fsp3) is 0.0588. The number of hydrogen-bond donors (Lipinski definition) is 0. The molecule has 1 atom stereocenters. The van der Waals surface area contributed by atoms with E-state index in [4.69, 9.17) is 11.6 Å². The number of rotatable bonds is 3. The third-order valence-electron chi connectivity index (χ3n) is 3.26. The fourth-order valence-electron chi connectivity index (χ4n) is 2.16. The van der Waals surface area contributed by atoms with E-state index in [0.29, 0.717) is 15.6 Å². The number of carbonyl (C=O) groups excluding carboxylic acids is 2. The SMILES string of the molecule is O=C(/C=C1\SC(Br)C(=O)N1c1ccccc1)c1ccc(Cl)cc1. The Kier molecular flexibility index (Phi) is 4.90. The number of para-hydroxylation sites is 1. The summed E-state index contributed by atoms with van der Waals surface area (Å²) < 4.78 is -0.396. The van der Waals surface area contributed by atoms with Crippen LogP contribution in [0.4, 0.5) is 5.69 Å². The van der Waals surface area contributed by atoms with Gasteiger partial charge in [-0.05, 0) is 36.4 Å². The normalized spacial score (nSPS) is 19.4. The van der Waals surface area contributed by atoms with Crippen LogP contribution in [0.5, 0.6) is 0 Å². The molecule has 1 heterocycles. The molecule has 1 aliphatic rings. The maximum atomic E-state index is 12.4. The van der Waals surface area contributed by atoms with E-state index in [-0.39, 0.29) is 11.7 Å². The molecule has 1 amide bonds. The highest BCUT2D eigenvalue weighted by atomic mass is 79.9. The van der Waals surface area contributed by atoms with Crippen LogP contribution in [-0.4, -0.2) is 15.8 Å². The van der Waals surface area contributed by atoms with E-state index in [1.807, 2.05) is 30.3 Å². The van der Waals surface area contributed by atoms with Crippen molar-refractivity contribution in [3.8, 4) is 0 Å². The summed E-state index contributed by atoms with van der Waals surface area (Å²) in [5.41, 5.74) is 1.27. The molecule has 6 heteroatoms. The van der Waals surface area contributed by atoms with Crippen LogP contribution in [0, 0.1) is 0 Å². The van der Waals surface area contributed by atoms with Crippen LogP contribution >= 0.6 is 39.3 Å². The van der Waals surface area contributed by atoms with Gasteiger partial charge in [-0.25, -0.2) is 0 Å². The van der Waals surface area contributed by atoms with Crippen LogP contribution in [0.3, 0.4) is 0 Å². The first-order chi connectivity index (χ1) is 11.1. The lowest BCUT2D eigenvalue weighted by Crippen LogP contribution is -2.26. The van der Waals surface area contributed by atoms with Crippen molar-refractivity contribution in [2.45, 2.75) is 4.16 Å². The number of halogens is 2. The molecule has 0 radical (unpaired) electrons. The molecule has 2 aromatic carbocycles. The molecule has 0 bridgehead atoms. The van der Waals surface area contributed by atoms with Crippen molar-refractivity contribution in [1.82, 2.24) is 0 Å². The summed E-state index contributed by atoms with van der Waals surface area (Å²) in [6, 6.07) is 15.9. The van der Waals surface area contributed by atoms with Gasteiger partial charge in [-0.3, -0.25) is 14.5 Å². The summed E-state index contributed by atoms with van der Waals surface area (Å²) in [5.74, 6) is -0.268. The quantitative estimate of drug-likeness (QED) is 0.413. The van der Waals surface area contributed by atoms with Crippen molar-refractivity contribution in [3.05, 3.63) is 76.3 Å². The second kappa shape index (κ2) is 6.91. The van der Waals surface area contributed by atoms with Gasteiger partial charge in [-0.2, -0.15) is 0 Å². The van der Waals surface area contributed by atoms with E-state index < -0.39 is 4.16 Å². The van der Waals surface area contributed by atoms with Gasteiger partial charge in [0.2, 0.25) is 0 Å². The summed E-state index contributed by atoms with van der Waals surface area (Å²) in [6.45, 7) is 0. The third-order valence-corrected chi connectivity index (χ3v) is 5.41. The van der Waals surface area contributed by atoms with Gasteiger partial charge in [-0.1, -0.05) is 57.5 Å². The molecule has 0 aliphatic carbocycles. The molecule has 0 saturated carbocycles. The van der Waals surface area contributed by atoms with Crippen LogP contribution in [-0.2, 0) is 4.79 Å². The minimum Gasteiger partial charge on any atom is -0.289 e. The van der Waals surface area contributed by atoms with Crippen molar-refractivity contribution in [2.75, 3.05) is 4.90 Å². The number of amides is 1. The molecule has 1 fully saturated rings.